The summed E-state index contributed by atoms with van der Waals surface area (Å²) in [5, 5.41) is 0. The van der Waals surface area contributed by atoms with Gasteiger partial charge in [0, 0.05) is 5.56 Å². The lowest BCUT2D eigenvalue weighted by molar-refractivity contribution is -0.896. The highest BCUT2D eigenvalue weighted by atomic mass is 16.6. The summed E-state index contributed by atoms with van der Waals surface area (Å²) in [7, 11) is 4.09. The van der Waals surface area contributed by atoms with Crippen molar-refractivity contribution in [1.82, 2.24) is 0 Å². The molecule has 2 rings (SSSR count). The first-order valence-corrected chi connectivity index (χ1v) is 12.6. The second-order valence-corrected chi connectivity index (χ2v) is 9.86. The maximum Gasteiger partial charge on any atom is 0.361 e. The number of likely N-dealkylation sites (N-methyl/N-ethyl adjacent to an activating group) is 1. The molecule has 0 amide bonds. The van der Waals surface area contributed by atoms with Crippen LogP contribution in [0.1, 0.15) is 69.9 Å². The van der Waals surface area contributed by atoms with Gasteiger partial charge in [-0.2, -0.15) is 0 Å². The Morgan fingerprint density at radius 2 is 1.48 bits per heavy atom. The normalized spacial score (nSPS) is 12.4. The van der Waals surface area contributed by atoms with E-state index in [9.17, 15) is 4.79 Å². The van der Waals surface area contributed by atoms with Gasteiger partial charge in [0.25, 0.3) is 0 Å². The molecule has 0 N–H and O–H groups in total. The molecule has 4 heteroatoms. The van der Waals surface area contributed by atoms with Crippen LogP contribution in [0, 0.1) is 0 Å². The first-order chi connectivity index (χ1) is 15.9. The lowest BCUT2D eigenvalue weighted by Gasteiger charge is -2.28. The highest BCUT2D eigenvalue weighted by Crippen LogP contribution is 2.17. The Morgan fingerprint density at radius 3 is 2.15 bits per heavy atom. The van der Waals surface area contributed by atoms with Gasteiger partial charge in [0.2, 0.25) is 0 Å². The van der Waals surface area contributed by atoms with E-state index in [0.29, 0.717) is 11.0 Å². The van der Waals surface area contributed by atoms with Crippen LogP contribution < -0.4 is 4.74 Å². The SMILES string of the molecule is CCCCCCCCCc1ccc(OC(C)COC(=O)C[N+](C)(C)Cc2ccccc2)cc1. The molecule has 0 aromatic heterocycles. The van der Waals surface area contributed by atoms with Gasteiger partial charge in [-0.05, 0) is 37.5 Å². The van der Waals surface area contributed by atoms with Crippen LogP contribution in [0.4, 0.5) is 0 Å². The number of benzene rings is 2. The van der Waals surface area contributed by atoms with Crippen LogP contribution in [0.25, 0.3) is 0 Å². The Bertz CT molecular complexity index is 786. The first kappa shape index (κ1) is 26.9. The molecule has 0 saturated carbocycles. The predicted octanol–water partition coefficient (Wildman–Crippen LogP) is 6.57. The zero-order valence-electron chi connectivity index (χ0n) is 21.2. The zero-order chi connectivity index (χ0) is 23.9. The van der Waals surface area contributed by atoms with E-state index in [-0.39, 0.29) is 18.7 Å². The van der Waals surface area contributed by atoms with E-state index in [1.165, 1.54) is 56.1 Å². The number of esters is 1. The number of nitrogens with zero attached hydrogens (tertiary/aromatic N) is 1. The second kappa shape index (κ2) is 14.7. The average molecular weight is 455 g/mol. The molecule has 182 valence electrons. The number of hydrogen-bond acceptors (Lipinski definition) is 3. The molecule has 2 aromatic rings. The van der Waals surface area contributed by atoms with Crippen LogP contribution in [0.3, 0.4) is 0 Å². The van der Waals surface area contributed by atoms with Gasteiger partial charge in [-0.1, -0.05) is 87.9 Å². The second-order valence-electron chi connectivity index (χ2n) is 9.86. The number of quaternary nitrogens is 1. The minimum absolute atomic E-state index is 0.187. The number of carbonyl (C=O) groups is 1. The molecule has 4 nitrogen and oxygen atoms in total. The van der Waals surface area contributed by atoms with Crippen molar-refractivity contribution in [3.05, 3.63) is 65.7 Å². The standard InChI is InChI=1S/C29H44NO3/c1-5-6-7-8-9-10-12-15-26-18-20-28(21-19-26)33-25(2)24-32-29(31)23-30(3,4)22-27-16-13-11-14-17-27/h11,13-14,16-21,25H,5-10,12,15,22-24H2,1-4H3/q+1. The summed E-state index contributed by atoms with van der Waals surface area (Å²) in [6.45, 7) is 5.56. The third kappa shape index (κ3) is 11.9. The fourth-order valence-corrected chi connectivity index (χ4v) is 4.03. The third-order valence-electron chi connectivity index (χ3n) is 5.82. The van der Waals surface area contributed by atoms with Gasteiger partial charge in [0.1, 0.15) is 25.0 Å². The summed E-state index contributed by atoms with van der Waals surface area (Å²) in [4.78, 5) is 12.4. The van der Waals surface area contributed by atoms with E-state index in [2.05, 4.69) is 31.2 Å². The van der Waals surface area contributed by atoms with Crippen molar-refractivity contribution in [1.29, 1.82) is 0 Å². The molecule has 0 heterocycles. The molecule has 0 radical (unpaired) electrons. The maximum absolute atomic E-state index is 12.4. The van der Waals surface area contributed by atoms with Crippen molar-refractivity contribution in [2.75, 3.05) is 27.2 Å². The van der Waals surface area contributed by atoms with Crippen molar-refractivity contribution in [3.8, 4) is 5.75 Å². The summed E-state index contributed by atoms with van der Waals surface area (Å²) in [5.74, 6) is 0.624. The predicted molar refractivity (Wildman–Crippen MR) is 136 cm³/mol. The van der Waals surface area contributed by atoms with Crippen molar-refractivity contribution < 1.29 is 18.8 Å². The molecule has 0 aliphatic heterocycles. The number of ether oxygens (including phenoxy) is 2. The number of rotatable bonds is 16. The average Bonchev–Trinajstić information content (AvgIpc) is 2.78. The lowest BCUT2D eigenvalue weighted by Crippen LogP contribution is -2.44. The van der Waals surface area contributed by atoms with Gasteiger partial charge in [-0.25, -0.2) is 4.79 Å². The maximum atomic E-state index is 12.4. The van der Waals surface area contributed by atoms with Crippen LogP contribution in [0.15, 0.2) is 54.6 Å². The van der Waals surface area contributed by atoms with Gasteiger partial charge < -0.3 is 14.0 Å². The first-order valence-electron chi connectivity index (χ1n) is 12.6. The number of aryl methyl sites for hydroxylation is 1. The van der Waals surface area contributed by atoms with Crippen LogP contribution in [-0.2, 0) is 22.5 Å². The topological polar surface area (TPSA) is 35.5 Å². The van der Waals surface area contributed by atoms with Crippen molar-refractivity contribution in [2.45, 2.75) is 77.9 Å². The highest BCUT2D eigenvalue weighted by Gasteiger charge is 2.22. The monoisotopic (exact) mass is 454 g/mol. The molecule has 0 saturated heterocycles. The van der Waals surface area contributed by atoms with E-state index < -0.39 is 0 Å². The number of unbranched alkanes of at least 4 members (excludes halogenated alkanes) is 6. The van der Waals surface area contributed by atoms with Crippen LogP contribution in [0.2, 0.25) is 0 Å². The molecule has 1 unspecified atom stereocenters. The van der Waals surface area contributed by atoms with E-state index in [4.69, 9.17) is 9.47 Å². The Labute approximate surface area is 201 Å². The lowest BCUT2D eigenvalue weighted by atomic mass is 10.0. The van der Waals surface area contributed by atoms with Gasteiger partial charge >= 0.3 is 5.97 Å². The molecule has 0 aliphatic rings. The fraction of sp³-hybridized carbons (Fsp3) is 0.552. The number of carbonyl (C=O) groups excluding carboxylic acids is 1. The van der Waals surface area contributed by atoms with Crippen molar-refractivity contribution >= 4 is 5.97 Å². The molecule has 0 aliphatic carbocycles. The molecule has 2 aromatic carbocycles. The van der Waals surface area contributed by atoms with E-state index in [1.807, 2.05) is 51.4 Å². The van der Waals surface area contributed by atoms with Gasteiger partial charge in [-0.3, -0.25) is 0 Å². The van der Waals surface area contributed by atoms with E-state index in [0.717, 1.165) is 18.7 Å². The van der Waals surface area contributed by atoms with Gasteiger partial charge in [0.05, 0.1) is 14.1 Å². The quantitative estimate of drug-likeness (QED) is 0.163. The zero-order valence-corrected chi connectivity index (χ0v) is 21.2. The summed E-state index contributed by atoms with van der Waals surface area (Å²) < 4.78 is 12.0. The largest absolute Gasteiger partial charge is 0.487 e. The third-order valence-corrected chi connectivity index (χ3v) is 5.82. The molecular formula is C29H44NO3+. The smallest absolute Gasteiger partial charge is 0.361 e. The molecule has 33 heavy (non-hydrogen) atoms. The minimum atomic E-state index is -0.198. The molecular weight excluding hydrogens is 410 g/mol. The Morgan fingerprint density at radius 1 is 0.848 bits per heavy atom. The molecule has 0 bridgehead atoms. The van der Waals surface area contributed by atoms with E-state index >= 15 is 0 Å². The highest BCUT2D eigenvalue weighted by molar-refractivity contribution is 5.70. The molecule has 0 spiro atoms. The fourth-order valence-electron chi connectivity index (χ4n) is 4.03. The van der Waals surface area contributed by atoms with Crippen molar-refractivity contribution in [2.24, 2.45) is 0 Å². The Hall–Kier alpha value is -2.33. The summed E-state index contributed by atoms with van der Waals surface area (Å²) in [5.41, 5.74) is 2.57. The molecule has 0 fully saturated rings. The summed E-state index contributed by atoms with van der Waals surface area (Å²) in [6.07, 6.45) is 10.3. The van der Waals surface area contributed by atoms with Crippen molar-refractivity contribution in [3.63, 3.8) is 0 Å². The van der Waals surface area contributed by atoms with Crippen LogP contribution in [0.5, 0.6) is 5.75 Å². The van der Waals surface area contributed by atoms with Crippen LogP contribution >= 0.6 is 0 Å². The Kier molecular flexibility index (Phi) is 12.0. The Balaban J connectivity index is 1.64. The molecule has 1 atom stereocenters. The van der Waals surface area contributed by atoms with Gasteiger partial charge in [0.15, 0.2) is 6.54 Å². The minimum Gasteiger partial charge on any atom is -0.487 e. The summed E-state index contributed by atoms with van der Waals surface area (Å²) in [6, 6.07) is 18.6. The van der Waals surface area contributed by atoms with Crippen LogP contribution in [-0.4, -0.2) is 43.8 Å². The van der Waals surface area contributed by atoms with Gasteiger partial charge in [-0.15, -0.1) is 0 Å². The number of hydrogen-bond donors (Lipinski definition) is 0. The summed E-state index contributed by atoms with van der Waals surface area (Å²) >= 11 is 0. The van der Waals surface area contributed by atoms with E-state index in [1.54, 1.807) is 0 Å².